The highest BCUT2D eigenvalue weighted by atomic mass is 35.5. The summed E-state index contributed by atoms with van der Waals surface area (Å²) in [5, 5.41) is 2.91. The number of anilines is 2. The van der Waals surface area contributed by atoms with E-state index in [0.29, 0.717) is 5.02 Å². The minimum absolute atomic E-state index is 0.702. The van der Waals surface area contributed by atoms with Crippen LogP contribution in [0.5, 0.6) is 5.75 Å². The number of para-hydroxylation sites is 1. The number of pyridine rings is 1. The molecular weight excluding hydrogens is 356 g/mol. The third kappa shape index (κ3) is 2.70. The van der Waals surface area contributed by atoms with E-state index < -0.39 is 0 Å². The summed E-state index contributed by atoms with van der Waals surface area (Å²) in [6, 6.07) is 20.7. The van der Waals surface area contributed by atoms with Crippen molar-refractivity contribution in [2.24, 2.45) is 0 Å². The topological polar surface area (TPSA) is 25.4 Å². The van der Waals surface area contributed by atoms with Crippen LogP contribution in [-0.4, -0.2) is 18.6 Å². The van der Waals surface area contributed by atoms with Crippen LogP contribution in [0.2, 0.25) is 5.02 Å². The highest BCUT2D eigenvalue weighted by Gasteiger charge is 2.22. The Labute approximate surface area is 163 Å². The second-order valence-electron chi connectivity index (χ2n) is 6.89. The molecule has 3 aromatic carbocycles. The van der Waals surface area contributed by atoms with E-state index in [-0.39, 0.29) is 0 Å². The molecule has 0 spiro atoms. The Hall–Kier alpha value is -2.78. The molecule has 0 unspecified atom stereocenters. The number of benzene rings is 3. The lowest BCUT2D eigenvalue weighted by Gasteiger charge is -2.33. The van der Waals surface area contributed by atoms with Crippen LogP contribution in [0.15, 0.2) is 60.7 Å². The highest BCUT2D eigenvalue weighted by molar-refractivity contribution is 6.31. The van der Waals surface area contributed by atoms with Gasteiger partial charge in [-0.05, 0) is 60.9 Å². The molecule has 1 aliphatic heterocycles. The van der Waals surface area contributed by atoms with E-state index >= 15 is 0 Å². The second-order valence-corrected chi connectivity index (χ2v) is 7.33. The molecule has 5 rings (SSSR count). The predicted molar refractivity (Wildman–Crippen MR) is 113 cm³/mol. The van der Waals surface area contributed by atoms with E-state index in [1.54, 1.807) is 7.11 Å². The molecule has 0 bridgehead atoms. The van der Waals surface area contributed by atoms with Gasteiger partial charge in [0.2, 0.25) is 0 Å². The third-order valence-corrected chi connectivity index (χ3v) is 5.53. The molecule has 3 nitrogen and oxygen atoms in total. The van der Waals surface area contributed by atoms with Crippen molar-refractivity contribution in [3.8, 4) is 5.75 Å². The van der Waals surface area contributed by atoms with Crippen molar-refractivity contribution in [3.63, 3.8) is 0 Å². The van der Waals surface area contributed by atoms with Gasteiger partial charge in [-0.2, -0.15) is 0 Å². The fraction of sp³-hybridized carbons (Fsp3) is 0.174. The average molecular weight is 375 g/mol. The Morgan fingerprint density at radius 1 is 0.963 bits per heavy atom. The van der Waals surface area contributed by atoms with Gasteiger partial charge in [0.1, 0.15) is 5.75 Å². The first-order chi connectivity index (χ1) is 13.2. The molecule has 1 aliphatic rings. The summed E-state index contributed by atoms with van der Waals surface area (Å²) in [7, 11) is 1.70. The minimum Gasteiger partial charge on any atom is -0.497 e. The minimum atomic E-state index is 0.702. The SMILES string of the molecule is COc1ccc2nc3cc(Cl)ccc3c(N3CCCc4ccccc43)c2c1. The number of hydrogen-bond donors (Lipinski definition) is 0. The van der Waals surface area contributed by atoms with Gasteiger partial charge in [0.15, 0.2) is 0 Å². The van der Waals surface area contributed by atoms with Gasteiger partial charge in [-0.25, -0.2) is 4.98 Å². The first-order valence-electron chi connectivity index (χ1n) is 9.17. The Balaban J connectivity index is 1.88. The van der Waals surface area contributed by atoms with Crippen LogP contribution >= 0.6 is 11.6 Å². The molecule has 0 saturated carbocycles. The number of fused-ring (bicyclic) bond motifs is 3. The summed E-state index contributed by atoms with van der Waals surface area (Å²) >= 11 is 6.26. The number of hydrogen-bond acceptors (Lipinski definition) is 3. The summed E-state index contributed by atoms with van der Waals surface area (Å²) < 4.78 is 5.50. The van der Waals surface area contributed by atoms with Crippen LogP contribution < -0.4 is 9.64 Å². The lowest BCUT2D eigenvalue weighted by atomic mass is 9.98. The first kappa shape index (κ1) is 16.4. The summed E-state index contributed by atoms with van der Waals surface area (Å²) in [4.78, 5) is 7.29. The van der Waals surface area contributed by atoms with E-state index in [4.69, 9.17) is 21.3 Å². The quantitative estimate of drug-likeness (QED) is 0.394. The molecule has 0 radical (unpaired) electrons. The predicted octanol–water partition coefficient (Wildman–Crippen LogP) is 6.13. The smallest absolute Gasteiger partial charge is 0.119 e. The number of halogens is 1. The zero-order valence-electron chi connectivity index (χ0n) is 15.1. The Morgan fingerprint density at radius 3 is 2.74 bits per heavy atom. The van der Waals surface area contributed by atoms with Crippen molar-refractivity contribution in [1.82, 2.24) is 4.98 Å². The molecule has 0 aliphatic carbocycles. The number of rotatable bonds is 2. The molecule has 134 valence electrons. The van der Waals surface area contributed by atoms with Gasteiger partial charge < -0.3 is 9.64 Å². The third-order valence-electron chi connectivity index (χ3n) is 5.29. The van der Waals surface area contributed by atoms with E-state index in [0.717, 1.165) is 46.9 Å². The van der Waals surface area contributed by atoms with Crippen LogP contribution in [0.4, 0.5) is 11.4 Å². The van der Waals surface area contributed by atoms with Crippen molar-refractivity contribution in [1.29, 1.82) is 0 Å². The van der Waals surface area contributed by atoms with Gasteiger partial charge in [-0.3, -0.25) is 0 Å². The maximum atomic E-state index is 6.26. The van der Waals surface area contributed by atoms with Crippen LogP contribution in [0, 0.1) is 0 Å². The number of aryl methyl sites for hydroxylation is 1. The Bertz CT molecular complexity index is 1170. The fourth-order valence-electron chi connectivity index (χ4n) is 4.06. The van der Waals surface area contributed by atoms with E-state index in [1.165, 1.54) is 16.9 Å². The monoisotopic (exact) mass is 374 g/mol. The molecule has 0 atom stereocenters. The van der Waals surface area contributed by atoms with Crippen molar-refractivity contribution >= 4 is 44.8 Å². The normalized spacial score (nSPS) is 13.8. The van der Waals surface area contributed by atoms with Gasteiger partial charge in [0.25, 0.3) is 0 Å². The lowest BCUT2D eigenvalue weighted by molar-refractivity contribution is 0.415. The molecule has 4 heteroatoms. The van der Waals surface area contributed by atoms with Crippen molar-refractivity contribution in [2.75, 3.05) is 18.6 Å². The number of aromatic nitrogens is 1. The summed E-state index contributed by atoms with van der Waals surface area (Å²) in [5.74, 6) is 0.837. The Morgan fingerprint density at radius 2 is 1.85 bits per heavy atom. The molecule has 0 fully saturated rings. The van der Waals surface area contributed by atoms with Crippen molar-refractivity contribution in [3.05, 3.63) is 71.2 Å². The van der Waals surface area contributed by atoms with Gasteiger partial charge in [-0.15, -0.1) is 0 Å². The van der Waals surface area contributed by atoms with E-state index in [2.05, 4.69) is 41.3 Å². The van der Waals surface area contributed by atoms with Crippen LogP contribution in [0.25, 0.3) is 21.8 Å². The Kier molecular flexibility index (Phi) is 3.91. The summed E-state index contributed by atoms with van der Waals surface area (Å²) in [5.41, 5.74) is 5.70. The molecule has 2 heterocycles. The highest BCUT2D eigenvalue weighted by Crippen LogP contribution is 2.42. The number of nitrogens with zero attached hydrogens (tertiary/aromatic N) is 2. The van der Waals surface area contributed by atoms with Crippen molar-refractivity contribution < 1.29 is 4.74 Å². The standard InChI is InChI=1S/C23H19ClN2O/c1-27-17-9-11-20-19(14-17)23(18-10-8-16(24)13-21(18)25-20)26-12-4-6-15-5-2-3-7-22(15)26/h2-3,5,7-11,13-14H,4,6,12H2,1H3. The second kappa shape index (κ2) is 6.43. The van der Waals surface area contributed by atoms with E-state index in [1.807, 2.05) is 24.3 Å². The van der Waals surface area contributed by atoms with Gasteiger partial charge in [0, 0.05) is 28.0 Å². The molecule has 0 amide bonds. The van der Waals surface area contributed by atoms with Gasteiger partial charge in [-0.1, -0.05) is 29.8 Å². The summed E-state index contributed by atoms with van der Waals surface area (Å²) in [6.07, 6.45) is 2.24. The van der Waals surface area contributed by atoms with Gasteiger partial charge >= 0.3 is 0 Å². The average Bonchev–Trinajstić information content (AvgIpc) is 2.71. The van der Waals surface area contributed by atoms with Gasteiger partial charge in [0.05, 0.1) is 23.8 Å². The molecule has 0 N–H and O–H groups in total. The number of methoxy groups -OCH3 is 1. The number of ether oxygens (including phenoxy) is 1. The molecule has 4 aromatic rings. The summed E-state index contributed by atoms with van der Waals surface area (Å²) in [6.45, 7) is 0.977. The largest absolute Gasteiger partial charge is 0.497 e. The molecule has 1 aromatic heterocycles. The molecule has 0 saturated heterocycles. The van der Waals surface area contributed by atoms with Crippen molar-refractivity contribution in [2.45, 2.75) is 12.8 Å². The fourth-order valence-corrected chi connectivity index (χ4v) is 4.22. The zero-order valence-corrected chi connectivity index (χ0v) is 15.8. The van der Waals surface area contributed by atoms with E-state index in [9.17, 15) is 0 Å². The maximum absolute atomic E-state index is 6.26. The maximum Gasteiger partial charge on any atom is 0.119 e. The zero-order chi connectivity index (χ0) is 18.4. The van der Waals surface area contributed by atoms with Crippen LogP contribution in [0.1, 0.15) is 12.0 Å². The molecular formula is C23H19ClN2O. The molecule has 27 heavy (non-hydrogen) atoms. The lowest BCUT2D eigenvalue weighted by Crippen LogP contribution is -2.25. The van der Waals surface area contributed by atoms with Crippen LogP contribution in [-0.2, 0) is 6.42 Å². The first-order valence-corrected chi connectivity index (χ1v) is 9.55. The van der Waals surface area contributed by atoms with Crippen LogP contribution in [0.3, 0.4) is 0 Å².